The average molecular weight is 441 g/mol. The normalized spacial score (nSPS) is 11.4. The summed E-state index contributed by atoms with van der Waals surface area (Å²) >= 11 is 0. The lowest BCUT2D eigenvalue weighted by molar-refractivity contribution is -0.890. The molecule has 0 atom stereocenters. The van der Waals surface area contributed by atoms with Gasteiger partial charge in [0.2, 0.25) is 0 Å². The highest BCUT2D eigenvalue weighted by molar-refractivity contribution is 4.50. The van der Waals surface area contributed by atoms with Crippen LogP contribution in [0.2, 0.25) is 0 Å². The van der Waals surface area contributed by atoms with Crippen LogP contribution in [0.1, 0.15) is 169 Å². The molecule has 190 valence electrons. The summed E-state index contributed by atoms with van der Waals surface area (Å²) in [6.07, 6.45) is 31.7. The van der Waals surface area contributed by atoms with Crippen molar-refractivity contribution in [3.8, 4) is 0 Å². The van der Waals surface area contributed by atoms with Crippen LogP contribution in [0.4, 0.5) is 0 Å². The van der Waals surface area contributed by atoms with E-state index < -0.39 is 0 Å². The van der Waals surface area contributed by atoms with Gasteiger partial charge < -0.3 is 4.48 Å². The molecular weight excluding hydrogens is 374 g/mol. The third-order valence-electron chi connectivity index (χ3n) is 6.48. The van der Waals surface area contributed by atoms with Gasteiger partial charge in [-0.15, -0.1) is 0 Å². The molecule has 0 unspecified atom stereocenters. The molecule has 0 radical (unpaired) electrons. The molecule has 31 heavy (non-hydrogen) atoms. The van der Waals surface area contributed by atoms with Gasteiger partial charge in [-0.2, -0.15) is 0 Å². The molecule has 0 aromatic carbocycles. The zero-order valence-electron chi connectivity index (χ0n) is 23.4. The number of hydrogen-bond donors (Lipinski definition) is 0. The molecule has 0 aromatic rings. The van der Waals surface area contributed by atoms with E-state index in [1.807, 2.05) is 0 Å². The molecule has 0 aliphatic heterocycles. The van der Waals surface area contributed by atoms with Gasteiger partial charge in [0.15, 0.2) is 0 Å². The summed E-state index contributed by atoms with van der Waals surface area (Å²) in [5.74, 6) is 0. The van der Waals surface area contributed by atoms with Crippen molar-refractivity contribution < 1.29 is 4.48 Å². The molecule has 0 N–H and O–H groups in total. The van der Waals surface area contributed by atoms with Gasteiger partial charge in [-0.05, 0) is 25.7 Å². The minimum Gasteiger partial charge on any atom is -0.328 e. The van der Waals surface area contributed by atoms with Crippen LogP contribution >= 0.6 is 0 Å². The van der Waals surface area contributed by atoms with Crippen molar-refractivity contribution in [3.05, 3.63) is 0 Å². The van der Waals surface area contributed by atoms with Crippen molar-refractivity contribution in [2.24, 2.45) is 0 Å². The standard InChI is InChI=1S/C27H58N.C3H8/c1-5-7-9-11-13-15-17-19-21-23-25-27-28(3,4)26-24-22-20-18-16-14-12-10-8-6-2;1-3-2/h5-27H2,1-4H3;3H2,1-2H3/q+1;. The highest BCUT2D eigenvalue weighted by Crippen LogP contribution is 2.14. The summed E-state index contributed by atoms with van der Waals surface area (Å²) in [6.45, 7) is 11.6. The van der Waals surface area contributed by atoms with Gasteiger partial charge in [-0.3, -0.25) is 0 Å². The van der Waals surface area contributed by atoms with Gasteiger partial charge in [0, 0.05) is 0 Å². The Morgan fingerprint density at radius 1 is 0.323 bits per heavy atom. The fourth-order valence-electron chi connectivity index (χ4n) is 4.34. The summed E-state index contributed by atoms with van der Waals surface area (Å²) in [7, 11) is 4.90. The molecule has 0 aliphatic rings. The van der Waals surface area contributed by atoms with Crippen molar-refractivity contribution in [2.45, 2.75) is 169 Å². The maximum Gasteiger partial charge on any atom is 0.0782 e. The highest BCUT2D eigenvalue weighted by atomic mass is 15.3. The van der Waals surface area contributed by atoms with Crippen molar-refractivity contribution >= 4 is 0 Å². The molecule has 0 saturated heterocycles. The first kappa shape index (κ1) is 33.1. The van der Waals surface area contributed by atoms with Crippen LogP contribution in [-0.2, 0) is 0 Å². The predicted molar refractivity (Wildman–Crippen MR) is 146 cm³/mol. The van der Waals surface area contributed by atoms with Gasteiger partial charge in [-0.1, -0.05) is 143 Å². The molecule has 1 heteroatoms. The lowest BCUT2D eigenvalue weighted by atomic mass is 10.1. The third-order valence-corrected chi connectivity index (χ3v) is 6.48. The number of unbranched alkanes of at least 4 members (excludes halogenated alkanes) is 19. The van der Waals surface area contributed by atoms with Crippen LogP contribution in [0.3, 0.4) is 0 Å². The van der Waals surface area contributed by atoms with Crippen molar-refractivity contribution in [1.29, 1.82) is 0 Å². The fraction of sp³-hybridized carbons (Fsp3) is 1.00. The lowest BCUT2D eigenvalue weighted by Gasteiger charge is -2.30. The Kier molecular flexibility index (Phi) is 29.9. The van der Waals surface area contributed by atoms with Gasteiger partial charge in [0.1, 0.15) is 0 Å². The van der Waals surface area contributed by atoms with Gasteiger partial charge >= 0.3 is 0 Å². The quantitative estimate of drug-likeness (QED) is 0.109. The maximum absolute atomic E-state index is 2.45. The number of rotatable bonds is 23. The average Bonchev–Trinajstić information content (AvgIpc) is 2.74. The van der Waals surface area contributed by atoms with Gasteiger partial charge in [-0.25, -0.2) is 0 Å². The van der Waals surface area contributed by atoms with E-state index in [0.29, 0.717) is 0 Å². The molecule has 0 saturated carbocycles. The minimum atomic E-state index is 1.24. The van der Waals surface area contributed by atoms with E-state index in [4.69, 9.17) is 0 Å². The Morgan fingerprint density at radius 2 is 0.516 bits per heavy atom. The zero-order valence-corrected chi connectivity index (χ0v) is 23.4. The summed E-state index contributed by atoms with van der Waals surface area (Å²) in [6, 6.07) is 0. The van der Waals surface area contributed by atoms with Crippen LogP contribution in [-0.4, -0.2) is 31.7 Å². The van der Waals surface area contributed by atoms with E-state index in [1.54, 1.807) is 0 Å². The predicted octanol–water partition coefficient (Wildman–Crippen LogP) is 10.7. The fourth-order valence-corrected chi connectivity index (χ4v) is 4.34. The second kappa shape index (κ2) is 28.0. The maximum atomic E-state index is 2.45. The Hall–Kier alpha value is -0.0400. The molecule has 1 nitrogen and oxygen atoms in total. The Balaban J connectivity index is 0. The molecule has 0 aliphatic carbocycles. The largest absolute Gasteiger partial charge is 0.328 e. The second-order valence-corrected chi connectivity index (χ2v) is 10.8. The first-order chi connectivity index (χ1) is 15.0. The van der Waals surface area contributed by atoms with E-state index in [0.717, 1.165) is 0 Å². The van der Waals surface area contributed by atoms with E-state index >= 15 is 0 Å². The van der Waals surface area contributed by atoms with Gasteiger partial charge in [0.25, 0.3) is 0 Å². The van der Waals surface area contributed by atoms with Crippen molar-refractivity contribution in [3.63, 3.8) is 0 Å². The summed E-state index contributed by atoms with van der Waals surface area (Å²) < 4.78 is 1.24. The molecule has 0 spiro atoms. The van der Waals surface area contributed by atoms with Crippen molar-refractivity contribution in [1.82, 2.24) is 0 Å². The molecular formula is C30H66N+. The zero-order chi connectivity index (χ0) is 23.5. The van der Waals surface area contributed by atoms with Crippen LogP contribution in [0.15, 0.2) is 0 Å². The molecule has 0 aromatic heterocycles. The van der Waals surface area contributed by atoms with E-state index in [2.05, 4.69) is 41.8 Å². The summed E-state index contributed by atoms with van der Waals surface area (Å²) in [4.78, 5) is 0. The Bertz CT molecular complexity index is 297. The van der Waals surface area contributed by atoms with Crippen LogP contribution in [0, 0.1) is 0 Å². The van der Waals surface area contributed by atoms with E-state index in [1.165, 1.54) is 159 Å². The molecule has 0 amide bonds. The molecule has 0 rings (SSSR count). The highest BCUT2D eigenvalue weighted by Gasteiger charge is 2.13. The minimum absolute atomic E-state index is 1.24. The summed E-state index contributed by atoms with van der Waals surface area (Å²) in [5.41, 5.74) is 0. The third kappa shape index (κ3) is 32.2. The molecule has 0 fully saturated rings. The Labute approximate surface area is 200 Å². The van der Waals surface area contributed by atoms with Crippen molar-refractivity contribution in [2.75, 3.05) is 27.2 Å². The van der Waals surface area contributed by atoms with Crippen LogP contribution in [0.5, 0.6) is 0 Å². The molecule has 0 heterocycles. The smallest absolute Gasteiger partial charge is 0.0782 e. The summed E-state index contributed by atoms with van der Waals surface area (Å²) in [5, 5.41) is 0. The number of nitrogens with zero attached hydrogens (tertiary/aromatic N) is 1. The topological polar surface area (TPSA) is 0 Å². The number of quaternary nitrogens is 1. The Morgan fingerprint density at radius 3 is 0.742 bits per heavy atom. The molecule has 0 bridgehead atoms. The van der Waals surface area contributed by atoms with E-state index in [-0.39, 0.29) is 0 Å². The monoisotopic (exact) mass is 441 g/mol. The lowest BCUT2D eigenvalue weighted by Crippen LogP contribution is -2.41. The van der Waals surface area contributed by atoms with E-state index in [9.17, 15) is 0 Å². The first-order valence-corrected chi connectivity index (χ1v) is 14.9. The van der Waals surface area contributed by atoms with Crippen LogP contribution in [0.25, 0.3) is 0 Å². The SMILES string of the molecule is CCC.CCCCCCCCCCCCC[N+](C)(C)CCCCCCCCCCCC. The van der Waals surface area contributed by atoms with Crippen LogP contribution < -0.4 is 0 Å². The van der Waals surface area contributed by atoms with Gasteiger partial charge in [0.05, 0.1) is 27.2 Å². The second-order valence-electron chi connectivity index (χ2n) is 10.8. The number of hydrogen-bond acceptors (Lipinski definition) is 0. The first-order valence-electron chi connectivity index (χ1n) is 14.9.